The van der Waals surface area contributed by atoms with E-state index in [1.165, 1.54) is 0 Å². The van der Waals surface area contributed by atoms with E-state index in [0.29, 0.717) is 6.42 Å². The molecule has 0 fully saturated rings. The third-order valence-corrected chi connectivity index (χ3v) is 2.89. The third kappa shape index (κ3) is 23.5. The molecule has 0 spiro atoms. The summed E-state index contributed by atoms with van der Waals surface area (Å²) in [6.45, 7) is 14.5. The van der Waals surface area contributed by atoms with Crippen molar-refractivity contribution < 1.29 is 19.8 Å². The minimum Gasteiger partial charge on any atom is -0.481 e. The number of carbonyl (C=O) groups is 2. The Balaban J connectivity index is -0.000000269. The van der Waals surface area contributed by atoms with Gasteiger partial charge in [-0.15, -0.1) is 13.2 Å². The Bertz CT molecular complexity index is 297. The average molecular weight is 314 g/mol. The number of allylic oxidation sites excluding steroid dienone is 2. The predicted octanol–water partition coefficient (Wildman–Crippen LogP) is 5.15. The van der Waals surface area contributed by atoms with E-state index >= 15 is 0 Å². The molecule has 0 amide bonds. The van der Waals surface area contributed by atoms with Gasteiger partial charge in [0.25, 0.3) is 0 Å². The summed E-state index contributed by atoms with van der Waals surface area (Å²) >= 11 is 0. The molecule has 0 bridgehead atoms. The maximum absolute atomic E-state index is 10.3. The summed E-state index contributed by atoms with van der Waals surface area (Å²) < 4.78 is 0. The van der Waals surface area contributed by atoms with Crippen molar-refractivity contribution in [3.8, 4) is 0 Å². The van der Waals surface area contributed by atoms with Crippen LogP contribution in [0.2, 0.25) is 0 Å². The van der Waals surface area contributed by atoms with Crippen molar-refractivity contribution in [1.82, 2.24) is 0 Å². The Kier molecular flexibility index (Phi) is 22.4. The lowest BCUT2D eigenvalue weighted by atomic mass is 10.0. The molecule has 22 heavy (non-hydrogen) atoms. The Hall–Kier alpha value is -1.58. The molecule has 130 valence electrons. The summed E-state index contributed by atoms with van der Waals surface area (Å²) in [6.07, 6.45) is 9.30. The molecule has 4 heteroatoms. The van der Waals surface area contributed by atoms with Crippen LogP contribution in [0.15, 0.2) is 25.3 Å². The monoisotopic (exact) mass is 314 g/mol. The molecule has 0 aliphatic carbocycles. The first-order valence-corrected chi connectivity index (χ1v) is 7.95. The molecule has 0 aliphatic rings. The third-order valence-electron chi connectivity index (χ3n) is 2.89. The van der Waals surface area contributed by atoms with E-state index < -0.39 is 11.9 Å². The summed E-state index contributed by atoms with van der Waals surface area (Å²) in [7, 11) is 0. The normalized spacial score (nSPS) is 11.6. The van der Waals surface area contributed by atoms with Crippen LogP contribution in [0.4, 0.5) is 0 Å². The van der Waals surface area contributed by atoms with Crippen LogP contribution in [0, 0.1) is 11.8 Å². The van der Waals surface area contributed by atoms with E-state index in [4.69, 9.17) is 10.2 Å². The smallest absolute Gasteiger partial charge is 0.306 e. The maximum atomic E-state index is 10.3. The topological polar surface area (TPSA) is 74.6 Å². The van der Waals surface area contributed by atoms with Crippen LogP contribution in [0.3, 0.4) is 0 Å². The molecular formula is C18H34O4. The molecule has 0 rings (SSSR count). The average Bonchev–Trinajstić information content (AvgIpc) is 2.48. The van der Waals surface area contributed by atoms with Gasteiger partial charge in [0.05, 0.1) is 11.8 Å². The van der Waals surface area contributed by atoms with E-state index in [1.807, 2.05) is 6.08 Å². The SMILES string of the molecule is C=CCC.C=CC[C@H](C)C(=O)O.CCCCC[C@H](C)C(=O)O. The fourth-order valence-corrected chi connectivity index (χ4v) is 1.17. The fraction of sp³-hybridized carbons (Fsp3) is 0.667. The highest BCUT2D eigenvalue weighted by atomic mass is 16.4. The van der Waals surface area contributed by atoms with Gasteiger partial charge in [0.1, 0.15) is 0 Å². The van der Waals surface area contributed by atoms with Gasteiger partial charge in [-0.2, -0.15) is 0 Å². The van der Waals surface area contributed by atoms with Crippen molar-refractivity contribution in [3.63, 3.8) is 0 Å². The zero-order valence-corrected chi connectivity index (χ0v) is 14.7. The molecule has 0 heterocycles. The molecule has 0 aromatic carbocycles. The fourth-order valence-electron chi connectivity index (χ4n) is 1.17. The lowest BCUT2D eigenvalue weighted by molar-refractivity contribution is -0.142. The van der Waals surface area contributed by atoms with Crippen molar-refractivity contribution in [1.29, 1.82) is 0 Å². The first-order valence-electron chi connectivity index (χ1n) is 7.95. The van der Waals surface area contributed by atoms with Gasteiger partial charge in [-0.25, -0.2) is 0 Å². The summed E-state index contributed by atoms with van der Waals surface area (Å²) in [5.41, 5.74) is 0. The number of unbranched alkanes of at least 4 members (excludes halogenated alkanes) is 2. The first kappa shape index (κ1) is 25.4. The van der Waals surface area contributed by atoms with Crippen molar-refractivity contribution in [2.75, 3.05) is 0 Å². The number of carboxylic acid groups (broad SMARTS) is 2. The quantitative estimate of drug-likeness (QED) is 0.455. The van der Waals surface area contributed by atoms with Gasteiger partial charge in [0.15, 0.2) is 0 Å². The number of aliphatic carboxylic acids is 2. The predicted molar refractivity (Wildman–Crippen MR) is 93.0 cm³/mol. The van der Waals surface area contributed by atoms with Gasteiger partial charge in [0.2, 0.25) is 0 Å². The number of hydrogen-bond acceptors (Lipinski definition) is 2. The van der Waals surface area contributed by atoms with Crippen molar-refractivity contribution in [2.45, 2.75) is 66.2 Å². The molecular weight excluding hydrogens is 280 g/mol. The van der Waals surface area contributed by atoms with Crippen molar-refractivity contribution in [2.24, 2.45) is 11.8 Å². The van der Waals surface area contributed by atoms with Crippen LogP contribution in [0.25, 0.3) is 0 Å². The number of rotatable bonds is 9. The zero-order valence-electron chi connectivity index (χ0n) is 14.7. The molecule has 2 N–H and O–H groups in total. The van der Waals surface area contributed by atoms with Crippen LogP contribution in [0.5, 0.6) is 0 Å². The molecule has 0 aromatic heterocycles. The maximum Gasteiger partial charge on any atom is 0.306 e. The van der Waals surface area contributed by atoms with Gasteiger partial charge in [-0.3, -0.25) is 9.59 Å². The minimum absolute atomic E-state index is 0.161. The van der Waals surface area contributed by atoms with E-state index in [2.05, 4.69) is 27.0 Å². The second-order valence-corrected chi connectivity index (χ2v) is 5.20. The van der Waals surface area contributed by atoms with Gasteiger partial charge in [0, 0.05) is 0 Å². The summed E-state index contributed by atoms with van der Waals surface area (Å²) in [6, 6.07) is 0. The van der Waals surface area contributed by atoms with E-state index in [0.717, 1.165) is 32.1 Å². The Morgan fingerprint density at radius 3 is 1.64 bits per heavy atom. The highest BCUT2D eigenvalue weighted by Crippen LogP contribution is 2.08. The molecule has 0 unspecified atom stereocenters. The minimum atomic E-state index is -0.759. The number of hydrogen-bond donors (Lipinski definition) is 2. The van der Waals surface area contributed by atoms with Crippen molar-refractivity contribution in [3.05, 3.63) is 25.3 Å². The largest absolute Gasteiger partial charge is 0.481 e. The summed E-state index contributed by atoms with van der Waals surface area (Å²) in [5.74, 6) is -1.87. The summed E-state index contributed by atoms with van der Waals surface area (Å²) in [5, 5.41) is 16.7. The van der Waals surface area contributed by atoms with Gasteiger partial charge >= 0.3 is 11.9 Å². The number of carboxylic acids is 2. The lowest BCUT2D eigenvalue weighted by Gasteiger charge is -2.03. The van der Waals surface area contributed by atoms with E-state index in [-0.39, 0.29) is 11.8 Å². The molecule has 2 atom stereocenters. The van der Waals surface area contributed by atoms with Crippen LogP contribution >= 0.6 is 0 Å². The molecule has 0 aromatic rings. The second-order valence-electron chi connectivity index (χ2n) is 5.20. The molecule has 0 saturated carbocycles. The highest BCUT2D eigenvalue weighted by Gasteiger charge is 2.08. The van der Waals surface area contributed by atoms with E-state index in [9.17, 15) is 9.59 Å². The van der Waals surface area contributed by atoms with Crippen LogP contribution in [-0.4, -0.2) is 22.2 Å². The lowest BCUT2D eigenvalue weighted by Crippen LogP contribution is -2.08. The Labute approximate surface area is 135 Å². The van der Waals surface area contributed by atoms with Gasteiger partial charge in [-0.05, 0) is 19.3 Å². The molecule has 0 saturated heterocycles. The van der Waals surface area contributed by atoms with Crippen LogP contribution in [-0.2, 0) is 9.59 Å². The standard InChI is InChI=1S/C8H16O2.C6H10O2.C4H8/c1-3-4-5-6-7(2)8(9)10;1-3-4-5(2)6(7)8;1-3-4-2/h7H,3-6H2,1-2H3,(H,9,10);3,5H,1,4H2,2H3,(H,7,8);3H,1,4H2,2H3/t7-;5-;/m00./s1. The molecule has 0 aliphatic heterocycles. The Morgan fingerprint density at radius 1 is 0.955 bits per heavy atom. The molecule has 4 nitrogen and oxygen atoms in total. The second kappa shape index (κ2) is 19.4. The highest BCUT2D eigenvalue weighted by molar-refractivity contribution is 5.69. The van der Waals surface area contributed by atoms with Gasteiger partial charge < -0.3 is 10.2 Å². The summed E-state index contributed by atoms with van der Waals surface area (Å²) in [4.78, 5) is 20.3. The first-order chi connectivity index (χ1) is 10.3. The van der Waals surface area contributed by atoms with E-state index in [1.54, 1.807) is 19.9 Å². The van der Waals surface area contributed by atoms with Gasteiger partial charge in [-0.1, -0.05) is 59.1 Å². The molecule has 0 radical (unpaired) electrons. The Morgan fingerprint density at radius 2 is 1.41 bits per heavy atom. The van der Waals surface area contributed by atoms with Crippen LogP contribution in [0.1, 0.15) is 66.2 Å². The van der Waals surface area contributed by atoms with Crippen LogP contribution < -0.4 is 0 Å². The van der Waals surface area contributed by atoms with Crippen molar-refractivity contribution >= 4 is 11.9 Å². The zero-order chi connectivity index (χ0) is 18.0.